The van der Waals surface area contributed by atoms with E-state index in [0.29, 0.717) is 6.54 Å². The minimum atomic E-state index is -0.118. The average Bonchev–Trinajstić information content (AvgIpc) is 2.40. The van der Waals surface area contributed by atoms with Crippen LogP contribution in [0.5, 0.6) is 0 Å². The third-order valence-electron chi connectivity index (χ3n) is 3.50. The molecule has 1 atom stereocenters. The van der Waals surface area contributed by atoms with Gasteiger partial charge in [-0.15, -0.1) is 0 Å². The van der Waals surface area contributed by atoms with Crippen LogP contribution in [-0.2, 0) is 11.8 Å². The first-order valence-electron chi connectivity index (χ1n) is 6.25. The molecule has 1 unspecified atom stereocenters. The van der Waals surface area contributed by atoms with Gasteiger partial charge in [0.15, 0.2) is 0 Å². The van der Waals surface area contributed by atoms with Gasteiger partial charge in [-0.3, -0.25) is 0 Å². The fourth-order valence-electron chi connectivity index (χ4n) is 2.37. The Bertz CT molecular complexity index is 508. The molecule has 4 N–H and O–H groups in total. The molecule has 0 fully saturated rings. The fourth-order valence-corrected chi connectivity index (χ4v) is 2.37. The van der Waals surface area contributed by atoms with E-state index in [2.05, 4.69) is 37.3 Å². The molecule has 0 spiro atoms. The van der Waals surface area contributed by atoms with E-state index in [1.54, 1.807) is 0 Å². The smallest absolute Gasteiger partial charge is 0.0352 e. The Morgan fingerprint density at radius 3 is 2.17 bits per heavy atom. The van der Waals surface area contributed by atoms with E-state index in [1.165, 1.54) is 5.56 Å². The zero-order valence-corrected chi connectivity index (χ0v) is 10.8. The summed E-state index contributed by atoms with van der Waals surface area (Å²) in [5, 5.41) is 0. The minimum Gasteiger partial charge on any atom is -0.398 e. The van der Waals surface area contributed by atoms with Crippen LogP contribution in [0.1, 0.15) is 18.1 Å². The van der Waals surface area contributed by atoms with Gasteiger partial charge < -0.3 is 11.5 Å². The number of rotatable bonds is 4. The zero-order chi connectivity index (χ0) is 13.0. The summed E-state index contributed by atoms with van der Waals surface area (Å²) in [7, 11) is 0. The van der Waals surface area contributed by atoms with Crippen molar-refractivity contribution in [1.82, 2.24) is 0 Å². The first-order chi connectivity index (χ1) is 8.65. The van der Waals surface area contributed by atoms with Crippen LogP contribution in [0.25, 0.3) is 0 Å². The molecule has 2 heteroatoms. The molecule has 0 heterocycles. The van der Waals surface area contributed by atoms with Gasteiger partial charge in [-0.25, -0.2) is 0 Å². The van der Waals surface area contributed by atoms with E-state index < -0.39 is 0 Å². The van der Waals surface area contributed by atoms with Gasteiger partial charge in [-0.1, -0.05) is 55.5 Å². The normalized spacial score (nSPS) is 14.1. The molecule has 0 amide bonds. The summed E-state index contributed by atoms with van der Waals surface area (Å²) in [5.41, 5.74) is 15.2. The highest BCUT2D eigenvalue weighted by Crippen LogP contribution is 2.31. The molecular formula is C16H20N2. The second-order valence-electron chi connectivity index (χ2n) is 5.01. The molecule has 2 rings (SSSR count). The van der Waals surface area contributed by atoms with Gasteiger partial charge in [0, 0.05) is 17.6 Å². The predicted molar refractivity (Wildman–Crippen MR) is 77.4 cm³/mol. The molecule has 2 aromatic rings. The number of nitrogens with two attached hydrogens (primary N) is 2. The van der Waals surface area contributed by atoms with E-state index in [1.807, 2.05) is 24.3 Å². The van der Waals surface area contributed by atoms with Gasteiger partial charge in [0.25, 0.3) is 0 Å². The topological polar surface area (TPSA) is 52.0 Å². The molecule has 2 aromatic carbocycles. The summed E-state index contributed by atoms with van der Waals surface area (Å²) in [6.07, 6.45) is 0.901. The van der Waals surface area contributed by atoms with Crippen LogP contribution in [0.4, 0.5) is 5.69 Å². The molecule has 0 bridgehead atoms. The largest absolute Gasteiger partial charge is 0.398 e. The molecule has 18 heavy (non-hydrogen) atoms. The molecule has 2 nitrogen and oxygen atoms in total. The molecule has 94 valence electrons. The molecule has 0 aliphatic heterocycles. The van der Waals surface area contributed by atoms with E-state index in [0.717, 1.165) is 17.7 Å². The number of para-hydroxylation sites is 1. The lowest BCUT2D eigenvalue weighted by Crippen LogP contribution is -2.35. The Balaban J connectivity index is 2.34. The number of anilines is 1. The van der Waals surface area contributed by atoms with Gasteiger partial charge in [0.05, 0.1) is 0 Å². The van der Waals surface area contributed by atoms with Crippen LogP contribution < -0.4 is 11.5 Å². The van der Waals surface area contributed by atoms with Crippen LogP contribution in [-0.4, -0.2) is 6.54 Å². The van der Waals surface area contributed by atoms with Crippen molar-refractivity contribution < 1.29 is 0 Å². The molecule has 0 aliphatic carbocycles. The summed E-state index contributed by atoms with van der Waals surface area (Å²) < 4.78 is 0. The first-order valence-corrected chi connectivity index (χ1v) is 6.25. The highest BCUT2D eigenvalue weighted by molar-refractivity contribution is 5.51. The van der Waals surface area contributed by atoms with Gasteiger partial charge in [-0.2, -0.15) is 0 Å². The second-order valence-corrected chi connectivity index (χ2v) is 5.01. The Morgan fingerprint density at radius 1 is 0.944 bits per heavy atom. The minimum absolute atomic E-state index is 0.118. The lowest BCUT2D eigenvalue weighted by molar-refractivity contribution is 0.483. The number of hydrogen-bond donors (Lipinski definition) is 2. The van der Waals surface area contributed by atoms with E-state index in [9.17, 15) is 0 Å². The monoisotopic (exact) mass is 240 g/mol. The maximum atomic E-state index is 6.08. The standard InChI is InChI=1S/C16H20N2/c1-16(12-17,11-13-7-3-2-4-8-13)14-9-5-6-10-15(14)18/h2-10H,11-12,17-18H2,1H3. The van der Waals surface area contributed by atoms with E-state index in [4.69, 9.17) is 11.5 Å². The number of nitrogen functional groups attached to an aromatic ring is 1. The Kier molecular flexibility index (Phi) is 3.68. The van der Waals surface area contributed by atoms with Crippen molar-refractivity contribution >= 4 is 5.69 Å². The molecule has 0 saturated carbocycles. The summed E-state index contributed by atoms with van der Waals surface area (Å²) in [6, 6.07) is 18.4. The predicted octanol–water partition coefficient (Wildman–Crippen LogP) is 2.73. The fraction of sp³-hybridized carbons (Fsp3) is 0.250. The van der Waals surface area contributed by atoms with Crippen molar-refractivity contribution in [2.24, 2.45) is 5.73 Å². The summed E-state index contributed by atoms with van der Waals surface area (Å²) in [6.45, 7) is 2.75. The Hall–Kier alpha value is -1.80. The lowest BCUT2D eigenvalue weighted by atomic mass is 9.76. The zero-order valence-electron chi connectivity index (χ0n) is 10.8. The van der Waals surface area contributed by atoms with Crippen molar-refractivity contribution in [3.05, 3.63) is 65.7 Å². The third kappa shape index (κ3) is 2.54. The molecule has 0 radical (unpaired) electrons. The summed E-state index contributed by atoms with van der Waals surface area (Å²) >= 11 is 0. The number of benzene rings is 2. The van der Waals surface area contributed by atoms with Crippen molar-refractivity contribution in [3.63, 3.8) is 0 Å². The van der Waals surface area contributed by atoms with Crippen molar-refractivity contribution in [2.75, 3.05) is 12.3 Å². The van der Waals surface area contributed by atoms with Gasteiger partial charge in [0.1, 0.15) is 0 Å². The van der Waals surface area contributed by atoms with Crippen molar-refractivity contribution in [2.45, 2.75) is 18.8 Å². The van der Waals surface area contributed by atoms with Crippen LogP contribution in [0.15, 0.2) is 54.6 Å². The quantitative estimate of drug-likeness (QED) is 0.807. The van der Waals surface area contributed by atoms with Gasteiger partial charge >= 0.3 is 0 Å². The van der Waals surface area contributed by atoms with Crippen LogP contribution in [0.3, 0.4) is 0 Å². The average molecular weight is 240 g/mol. The summed E-state index contributed by atoms with van der Waals surface area (Å²) in [4.78, 5) is 0. The van der Waals surface area contributed by atoms with Gasteiger partial charge in [0.2, 0.25) is 0 Å². The van der Waals surface area contributed by atoms with Gasteiger partial charge in [-0.05, 0) is 23.6 Å². The van der Waals surface area contributed by atoms with E-state index >= 15 is 0 Å². The lowest BCUT2D eigenvalue weighted by Gasteiger charge is -2.30. The van der Waals surface area contributed by atoms with E-state index in [-0.39, 0.29) is 5.41 Å². The maximum Gasteiger partial charge on any atom is 0.0352 e. The van der Waals surface area contributed by atoms with Crippen LogP contribution in [0.2, 0.25) is 0 Å². The first kappa shape index (κ1) is 12.7. The molecule has 0 saturated heterocycles. The maximum absolute atomic E-state index is 6.08. The molecule has 0 aliphatic rings. The molecular weight excluding hydrogens is 220 g/mol. The van der Waals surface area contributed by atoms with Crippen molar-refractivity contribution in [3.8, 4) is 0 Å². The second kappa shape index (κ2) is 5.23. The Labute approximate surface area is 109 Å². The molecule has 0 aromatic heterocycles. The SMILES string of the molecule is CC(CN)(Cc1ccccc1)c1ccccc1N. The van der Waals surface area contributed by atoms with Crippen LogP contribution in [0, 0.1) is 0 Å². The van der Waals surface area contributed by atoms with Crippen molar-refractivity contribution in [1.29, 1.82) is 0 Å². The summed E-state index contributed by atoms with van der Waals surface area (Å²) in [5.74, 6) is 0. The van der Waals surface area contributed by atoms with Crippen LogP contribution >= 0.6 is 0 Å². The third-order valence-corrected chi connectivity index (χ3v) is 3.50. The highest BCUT2D eigenvalue weighted by Gasteiger charge is 2.27. The number of hydrogen-bond acceptors (Lipinski definition) is 2. The highest BCUT2D eigenvalue weighted by atomic mass is 14.6. The Morgan fingerprint density at radius 2 is 1.56 bits per heavy atom.